The zero-order chi connectivity index (χ0) is 11.1. The molecule has 2 aliphatic heterocycles. The number of hydrogen-bond donors (Lipinski definition) is 2. The van der Waals surface area contributed by atoms with Crippen LogP contribution in [0.25, 0.3) is 0 Å². The highest BCUT2D eigenvalue weighted by atomic mass is 79.9. The van der Waals surface area contributed by atoms with Gasteiger partial charge in [-0.3, -0.25) is 0 Å². The lowest BCUT2D eigenvalue weighted by atomic mass is 9.99. The molecular formula is C11H12BrNO3. The first-order chi connectivity index (χ1) is 7.83. The Kier molecular flexibility index (Phi) is 2.53. The van der Waals surface area contributed by atoms with Gasteiger partial charge in [0.1, 0.15) is 11.5 Å². The number of benzene rings is 1. The van der Waals surface area contributed by atoms with Crippen LogP contribution < -0.4 is 15.0 Å². The van der Waals surface area contributed by atoms with Crippen molar-refractivity contribution in [2.45, 2.75) is 19.4 Å². The summed E-state index contributed by atoms with van der Waals surface area (Å²) in [7, 11) is 0. The molecule has 0 saturated heterocycles. The lowest BCUT2D eigenvalue weighted by Crippen LogP contribution is -2.09. The van der Waals surface area contributed by atoms with Gasteiger partial charge in [-0.05, 0) is 15.9 Å². The topological polar surface area (TPSA) is 50.7 Å². The Bertz CT molecular complexity index is 412. The van der Waals surface area contributed by atoms with Crippen LogP contribution in [-0.2, 0) is 19.4 Å². The molecule has 0 amide bonds. The van der Waals surface area contributed by atoms with E-state index >= 15 is 0 Å². The van der Waals surface area contributed by atoms with Gasteiger partial charge in [0.25, 0.3) is 0 Å². The highest BCUT2D eigenvalue weighted by molar-refractivity contribution is 9.10. The van der Waals surface area contributed by atoms with E-state index in [1.54, 1.807) is 0 Å². The fourth-order valence-electron chi connectivity index (χ4n) is 2.41. The van der Waals surface area contributed by atoms with Gasteiger partial charge < -0.3 is 14.7 Å². The van der Waals surface area contributed by atoms with Crippen molar-refractivity contribution in [2.24, 2.45) is 0 Å². The summed E-state index contributed by atoms with van der Waals surface area (Å²) in [6.45, 7) is 1.81. The van der Waals surface area contributed by atoms with Gasteiger partial charge >= 0.3 is 0 Å². The molecule has 0 saturated carbocycles. The summed E-state index contributed by atoms with van der Waals surface area (Å²) < 4.78 is 12.3. The van der Waals surface area contributed by atoms with Crippen molar-refractivity contribution in [1.29, 1.82) is 0 Å². The quantitative estimate of drug-likeness (QED) is 0.814. The van der Waals surface area contributed by atoms with Crippen molar-refractivity contribution in [3.8, 4) is 11.5 Å². The SMILES string of the molecule is ONCc1c2c(c(Br)c3c1OCC3)OCC2. The maximum atomic E-state index is 8.89. The predicted octanol–water partition coefficient (Wildman–Crippen LogP) is 1.80. The van der Waals surface area contributed by atoms with E-state index in [1.165, 1.54) is 0 Å². The van der Waals surface area contributed by atoms with E-state index in [0.717, 1.165) is 45.5 Å². The Balaban J connectivity index is 2.23. The number of ether oxygens (including phenoxy) is 2. The fraction of sp³-hybridized carbons (Fsp3) is 0.455. The smallest absolute Gasteiger partial charge is 0.137 e. The van der Waals surface area contributed by atoms with Crippen LogP contribution in [0.2, 0.25) is 0 Å². The minimum atomic E-state index is 0.404. The standard InChI is InChI=1S/C11H12BrNO3/c12-9-7-2-4-15-10(7)8(5-13-14)6-1-3-16-11(6)9/h13-14H,1-5H2. The Labute approximate surface area is 102 Å². The summed E-state index contributed by atoms with van der Waals surface area (Å²) in [6, 6.07) is 0. The molecule has 5 heteroatoms. The summed E-state index contributed by atoms with van der Waals surface area (Å²) >= 11 is 3.58. The average Bonchev–Trinajstić information content (AvgIpc) is 2.92. The molecule has 4 nitrogen and oxygen atoms in total. The first-order valence-corrected chi connectivity index (χ1v) is 6.11. The second kappa shape index (κ2) is 3.91. The molecule has 0 unspecified atom stereocenters. The number of nitrogens with one attached hydrogen (secondary N) is 1. The molecule has 0 spiro atoms. The summed E-state index contributed by atoms with van der Waals surface area (Å²) in [5.41, 5.74) is 5.55. The van der Waals surface area contributed by atoms with Crippen LogP contribution in [0.5, 0.6) is 11.5 Å². The van der Waals surface area contributed by atoms with Crippen LogP contribution in [0.1, 0.15) is 16.7 Å². The molecule has 2 heterocycles. The third-order valence-corrected chi connectivity index (χ3v) is 3.94. The van der Waals surface area contributed by atoms with Gasteiger partial charge in [0.15, 0.2) is 0 Å². The van der Waals surface area contributed by atoms with Crippen LogP contribution in [0.15, 0.2) is 4.47 Å². The molecule has 2 N–H and O–H groups in total. The minimum absolute atomic E-state index is 0.404. The molecule has 1 aromatic carbocycles. The third kappa shape index (κ3) is 1.35. The van der Waals surface area contributed by atoms with Gasteiger partial charge in [-0.25, -0.2) is 5.48 Å². The molecule has 0 aliphatic carbocycles. The monoisotopic (exact) mass is 285 g/mol. The normalized spacial score (nSPS) is 16.6. The van der Waals surface area contributed by atoms with E-state index in [1.807, 2.05) is 0 Å². The second-order valence-corrected chi connectivity index (χ2v) is 4.73. The molecule has 0 bridgehead atoms. The van der Waals surface area contributed by atoms with Gasteiger partial charge in [-0.1, -0.05) is 0 Å². The maximum Gasteiger partial charge on any atom is 0.137 e. The summed E-state index contributed by atoms with van der Waals surface area (Å²) in [5, 5.41) is 8.89. The fourth-order valence-corrected chi connectivity index (χ4v) is 3.15. The number of rotatable bonds is 2. The number of hydrogen-bond acceptors (Lipinski definition) is 4. The van der Waals surface area contributed by atoms with Crippen LogP contribution in [0.4, 0.5) is 0 Å². The average molecular weight is 286 g/mol. The molecule has 1 aromatic rings. The Morgan fingerprint density at radius 3 is 2.56 bits per heavy atom. The lowest BCUT2D eigenvalue weighted by Gasteiger charge is -2.14. The van der Waals surface area contributed by atoms with Gasteiger partial charge in [-0.2, -0.15) is 0 Å². The molecule has 2 aliphatic rings. The molecule has 0 radical (unpaired) electrons. The molecule has 16 heavy (non-hydrogen) atoms. The Morgan fingerprint density at radius 2 is 1.81 bits per heavy atom. The van der Waals surface area contributed by atoms with Crippen molar-refractivity contribution in [3.63, 3.8) is 0 Å². The van der Waals surface area contributed by atoms with E-state index in [4.69, 9.17) is 14.7 Å². The first-order valence-electron chi connectivity index (χ1n) is 5.31. The summed E-state index contributed by atoms with van der Waals surface area (Å²) in [6.07, 6.45) is 1.77. The Hall–Kier alpha value is -0.780. The van der Waals surface area contributed by atoms with Crippen LogP contribution in [0.3, 0.4) is 0 Å². The Morgan fingerprint density at radius 1 is 1.12 bits per heavy atom. The van der Waals surface area contributed by atoms with Crippen LogP contribution in [0, 0.1) is 0 Å². The van der Waals surface area contributed by atoms with Crippen molar-refractivity contribution in [2.75, 3.05) is 13.2 Å². The van der Waals surface area contributed by atoms with E-state index in [2.05, 4.69) is 21.4 Å². The highest BCUT2D eigenvalue weighted by Gasteiger charge is 2.29. The van der Waals surface area contributed by atoms with Crippen LogP contribution in [-0.4, -0.2) is 18.4 Å². The number of halogens is 1. The van der Waals surface area contributed by atoms with E-state index in [0.29, 0.717) is 19.8 Å². The second-order valence-electron chi connectivity index (χ2n) is 3.94. The molecule has 0 fully saturated rings. The molecule has 0 atom stereocenters. The summed E-state index contributed by atoms with van der Waals surface area (Å²) in [5.74, 6) is 1.84. The predicted molar refractivity (Wildman–Crippen MR) is 61.2 cm³/mol. The summed E-state index contributed by atoms with van der Waals surface area (Å²) in [4.78, 5) is 0. The number of hydroxylamine groups is 1. The van der Waals surface area contributed by atoms with Gasteiger partial charge in [0.2, 0.25) is 0 Å². The van der Waals surface area contributed by atoms with Crippen molar-refractivity contribution in [3.05, 3.63) is 21.2 Å². The molecule has 3 rings (SSSR count). The lowest BCUT2D eigenvalue weighted by molar-refractivity contribution is 0.159. The van der Waals surface area contributed by atoms with Gasteiger partial charge in [-0.15, -0.1) is 0 Å². The molecule has 86 valence electrons. The van der Waals surface area contributed by atoms with E-state index in [9.17, 15) is 0 Å². The van der Waals surface area contributed by atoms with E-state index < -0.39 is 0 Å². The zero-order valence-electron chi connectivity index (χ0n) is 8.68. The van der Waals surface area contributed by atoms with Crippen molar-refractivity contribution in [1.82, 2.24) is 5.48 Å². The zero-order valence-corrected chi connectivity index (χ0v) is 10.3. The first kappa shape index (κ1) is 10.4. The molecular weight excluding hydrogens is 274 g/mol. The maximum absolute atomic E-state index is 8.89. The largest absolute Gasteiger partial charge is 0.493 e. The number of fused-ring (bicyclic) bond motifs is 2. The molecule has 0 aromatic heterocycles. The van der Waals surface area contributed by atoms with Crippen molar-refractivity contribution >= 4 is 15.9 Å². The van der Waals surface area contributed by atoms with Gasteiger partial charge in [0.05, 0.1) is 17.7 Å². The van der Waals surface area contributed by atoms with Crippen molar-refractivity contribution < 1.29 is 14.7 Å². The van der Waals surface area contributed by atoms with E-state index in [-0.39, 0.29) is 0 Å². The third-order valence-electron chi connectivity index (χ3n) is 3.10. The highest BCUT2D eigenvalue weighted by Crippen LogP contribution is 2.46. The minimum Gasteiger partial charge on any atom is -0.493 e. The van der Waals surface area contributed by atoms with Crippen LogP contribution >= 0.6 is 15.9 Å². The van der Waals surface area contributed by atoms with Gasteiger partial charge in [0, 0.05) is 36.1 Å².